The zero-order valence-corrected chi connectivity index (χ0v) is 20.0. The number of rotatable bonds is 5. The van der Waals surface area contributed by atoms with Gasteiger partial charge in [0.25, 0.3) is 0 Å². The third kappa shape index (κ3) is 2.60. The lowest BCUT2D eigenvalue weighted by molar-refractivity contribution is -0.740. The van der Waals surface area contributed by atoms with Gasteiger partial charge in [0.1, 0.15) is 0 Å². The average molecular weight is 423 g/mol. The highest BCUT2D eigenvalue weighted by molar-refractivity contribution is 5.90. The number of aromatic nitrogens is 1. The van der Waals surface area contributed by atoms with Crippen LogP contribution in [0.25, 0.3) is 27.6 Å². The van der Waals surface area contributed by atoms with E-state index < -0.39 is 0 Å². The molecule has 32 heavy (non-hydrogen) atoms. The van der Waals surface area contributed by atoms with Gasteiger partial charge in [-0.1, -0.05) is 64.5 Å². The SMILES string of the molecule is C=C1c2ccccc2-c2cc3cc4c(cc3c[n+]2C1(CC)CC)C1CC4CC1CCCC. The molecule has 2 aromatic carbocycles. The highest BCUT2D eigenvalue weighted by Crippen LogP contribution is 2.58. The summed E-state index contributed by atoms with van der Waals surface area (Å²) in [7, 11) is 0. The third-order valence-corrected chi connectivity index (χ3v) is 9.29. The topological polar surface area (TPSA) is 3.88 Å². The Morgan fingerprint density at radius 3 is 2.44 bits per heavy atom. The number of benzene rings is 2. The first kappa shape index (κ1) is 20.2. The normalized spacial score (nSPS) is 24.5. The number of hydrogen-bond donors (Lipinski definition) is 0. The molecule has 0 saturated heterocycles. The van der Waals surface area contributed by atoms with Crippen molar-refractivity contribution in [1.29, 1.82) is 0 Å². The second-order valence-electron chi connectivity index (χ2n) is 10.6. The van der Waals surface area contributed by atoms with E-state index in [2.05, 4.69) is 80.6 Å². The lowest BCUT2D eigenvalue weighted by atomic mass is 9.75. The summed E-state index contributed by atoms with van der Waals surface area (Å²) in [5, 5.41) is 2.82. The average Bonchev–Trinajstić information content (AvgIpc) is 3.40. The molecule has 2 bridgehead atoms. The first-order valence-electron chi connectivity index (χ1n) is 12.9. The molecule has 1 saturated carbocycles. The Kier molecular flexibility index (Phi) is 4.61. The molecule has 1 fully saturated rings. The fourth-order valence-electron chi connectivity index (χ4n) is 7.50. The molecule has 2 heterocycles. The second kappa shape index (κ2) is 7.30. The Balaban J connectivity index is 1.55. The summed E-state index contributed by atoms with van der Waals surface area (Å²) in [5.41, 5.74) is 8.57. The maximum atomic E-state index is 4.64. The molecule has 6 rings (SSSR count). The largest absolute Gasteiger partial charge is 0.214 e. The summed E-state index contributed by atoms with van der Waals surface area (Å²) >= 11 is 0. The highest BCUT2D eigenvalue weighted by Gasteiger charge is 2.47. The molecule has 1 nitrogen and oxygen atoms in total. The van der Waals surface area contributed by atoms with Gasteiger partial charge in [0.2, 0.25) is 5.69 Å². The minimum absolute atomic E-state index is 0.0421. The fourth-order valence-corrected chi connectivity index (χ4v) is 7.50. The van der Waals surface area contributed by atoms with Gasteiger partial charge in [-0.15, -0.1) is 0 Å². The van der Waals surface area contributed by atoms with E-state index in [9.17, 15) is 0 Å². The van der Waals surface area contributed by atoms with Gasteiger partial charge in [-0.05, 0) is 71.2 Å². The summed E-state index contributed by atoms with van der Waals surface area (Å²) in [5.74, 6) is 2.50. The molecule has 0 radical (unpaired) electrons. The third-order valence-electron chi connectivity index (χ3n) is 9.29. The van der Waals surface area contributed by atoms with Crippen LogP contribution in [0.5, 0.6) is 0 Å². The van der Waals surface area contributed by atoms with Gasteiger partial charge < -0.3 is 0 Å². The van der Waals surface area contributed by atoms with Crippen molar-refractivity contribution in [3.63, 3.8) is 0 Å². The van der Waals surface area contributed by atoms with Crippen LogP contribution in [0.3, 0.4) is 0 Å². The van der Waals surface area contributed by atoms with Gasteiger partial charge in [0.15, 0.2) is 11.7 Å². The molecule has 164 valence electrons. The van der Waals surface area contributed by atoms with Gasteiger partial charge in [0.05, 0.1) is 5.56 Å². The van der Waals surface area contributed by atoms with E-state index in [4.69, 9.17) is 0 Å². The molecule has 0 spiro atoms. The number of hydrogen-bond acceptors (Lipinski definition) is 0. The van der Waals surface area contributed by atoms with E-state index in [0.29, 0.717) is 0 Å². The molecule has 3 atom stereocenters. The molecule has 3 unspecified atom stereocenters. The Morgan fingerprint density at radius 2 is 1.69 bits per heavy atom. The van der Waals surface area contributed by atoms with E-state index in [0.717, 1.165) is 30.6 Å². The number of nitrogens with zero attached hydrogens (tertiary/aromatic N) is 1. The first-order valence-corrected chi connectivity index (χ1v) is 12.9. The lowest BCUT2D eigenvalue weighted by Crippen LogP contribution is -2.59. The molecule has 0 amide bonds. The van der Waals surface area contributed by atoms with Crippen molar-refractivity contribution >= 4 is 16.3 Å². The predicted octanol–water partition coefficient (Wildman–Crippen LogP) is 8.12. The molecule has 1 aromatic heterocycles. The monoisotopic (exact) mass is 422 g/mol. The van der Waals surface area contributed by atoms with Crippen molar-refractivity contribution < 1.29 is 4.57 Å². The van der Waals surface area contributed by atoms with Crippen LogP contribution in [0.1, 0.15) is 94.2 Å². The van der Waals surface area contributed by atoms with Crippen molar-refractivity contribution in [2.24, 2.45) is 5.92 Å². The summed E-state index contributed by atoms with van der Waals surface area (Å²) in [4.78, 5) is 0. The van der Waals surface area contributed by atoms with Crippen LogP contribution < -0.4 is 4.57 Å². The standard InChI is InChI=1S/C31H36N/c1-5-8-11-21-14-23-16-27(21)29-17-24-19-32-30(18-22(24)15-28(23)29)26-13-10-9-12-25(26)20(4)31(32,6-2)7-3/h9-10,12-13,15,17-19,21,23,27H,4-8,11,14,16H2,1-3H3/q+1. The van der Waals surface area contributed by atoms with Gasteiger partial charge in [-0.25, -0.2) is 0 Å². The van der Waals surface area contributed by atoms with Crippen LogP contribution in [0.4, 0.5) is 0 Å². The van der Waals surface area contributed by atoms with Crippen molar-refractivity contribution in [3.05, 3.63) is 71.9 Å². The van der Waals surface area contributed by atoms with Crippen molar-refractivity contribution in [3.8, 4) is 11.3 Å². The summed E-state index contributed by atoms with van der Waals surface area (Å²) in [6.07, 6.45) is 11.5. The van der Waals surface area contributed by atoms with Gasteiger partial charge in [-0.2, -0.15) is 4.57 Å². The Morgan fingerprint density at radius 1 is 0.938 bits per heavy atom. The molecule has 1 aliphatic heterocycles. The zero-order valence-electron chi connectivity index (χ0n) is 20.0. The number of allylic oxidation sites excluding steroid dienone is 1. The highest BCUT2D eigenvalue weighted by atomic mass is 15.1. The van der Waals surface area contributed by atoms with Crippen LogP contribution in [0.15, 0.2) is 55.2 Å². The molecule has 2 aliphatic carbocycles. The lowest BCUT2D eigenvalue weighted by Gasteiger charge is -2.35. The Hall–Kier alpha value is -2.41. The molecule has 3 aliphatic rings. The van der Waals surface area contributed by atoms with E-state index >= 15 is 0 Å². The number of fused-ring (bicyclic) bond motifs is 9. The minimum Gasteiger partial charge on any atom is -0.188 e. The molecular weight excluding hydrogens is 386 g/mol. The quantitative estimate of drug-likeness (QED) is 0.366. The Labute approximate surface area is 193 Å². The van der Waals surface area contributed by atoms with E-state index in [-0.39, 0.29) is 5.54 Å². The van der Waals surface area contributed by atoms with Crippen LogP contribution in [-0.4, -0.2) is 0 Å². The maximum absolute atomic E-state index is 4.64. The fraction of sp³-hybridized carbons (Fsp3) is 0.452. The van der Waals surface area contributed by atoms with E-state index in [1.165, 1.54) is 65.3 Å². The van der Waals surface area contributed by atoms with Crippen LogP contribution >= 0.6 is 0 Å². The van der Waals surface area contributed by atoms with Crippen molar-refractivity contribution in [2.45, 2.75) is 83.1 Å². The van der Waals surface area contributed by atoms with Crippen LogP contribution in [-0.2, 0) is 5.54 Å². The molecule has 1 heteroatoms. The van der Waals surface area contributed by atoms with Crippen LogP contribution in [0.2, 0.25) is 0 Å². The van der Waals surface area contributed by atoms with Crippen molar-refractivity contribution in [1.82, 2.24) is 0 Å². The van der Waals surface area contributed by atoms with E-state index in [1.807, 2.05) is 0 Å². The first-order chi connectivity index (χ1) is 15.6. The van der Waals surface area contributed by atoms with Gasteiger partial charge in [0, 0.05) is 29.9 Å². The van der Waals surface area contributed by atoms with Gasteiger partial charge >= 0.3 is 0 Å². The Bertz CT molecular complexity index is 1230. The van der Waals surface area contributed by atoms with Crippen LogP contribution in [0, 0.1) is 5.92 Å². The molecular formula is C31H36N+. The summed E-state index contributed by atoms with van der Waals surface area (Å²) in [6, 6.07) is 16.5. The number of unbranched alkanes of at least 4 members (excludes halogenated alkanes) is 1. The molecule has 3 aromatic rings. The summed E-state index contributed by atoms with van der Waals surface area (Å²) < 4.78 is 2.58. The second-order valence-corrected chi connectivity index (χ2v) is 10.6. The maximum Gasteiger partial charge on any atom is 0.214 e. The van der Waals surface area contributed by atoms with Gasteiger partial charge in [-0.3, -0.25) is 0 Å². The summed E-state index contributed by atoms with van der Waals surface area (Å²) in [6.45, 7) is 11.6. The smallest absolute Gasteiger partial charge is 0.188 e. The zero-order chi connectivity index (χ0) is 22.0. The van der Waals surface area contributed by atoms with E-state index in [1.54, 1.807) is 11.1 Å². The van der Waals surface area contributed by atoms with Crippen molar-refractivity contribution in [2.75, 3.05) is 0 Å². The number of pyridine rings is 1. The predicted molar refractivity (Wildman–Crippen MR) is 135 cm³/mol. The molecule has 0 N–H and O–H groups in total. The minimum atomic E-state index is -0.0421.